The Morgan fingerprint density at radius 2 is 1.90 bits per heavy atom. The number of carbonyl (C=O) groups is 3. The Bertz CT molecular complexity index is 384. The topological polar surface area (TPSA) is 90.0 Å². The lowest BCUT2D eigenvalue weighted by Gasteiger charge is -2.22. The van der Waals surface area contributed by atoms with E-state index in [2.05, 4.69) is 17.1 Å². The molecular weight excluding hydrogens is 262 g/mol. The molecule has 0 saturated carbocycles. The van der Waals surface area contributed by atoms with Crippen molar-refractivity contribution < 1.29 is 19.5 Å². The average Bonchev–Trinajstić information content (AvgIpc) is 2.70. The molecule has 0 bridgehead atoms. The number of amides is 3. The van der Waals surface area contributed by atoms with E-state index >= 15 is 0 Å². The maximum Gasteiger partial charge on any atom is 0.324 e. The Kier molecular flexibility index (Phi) is 5.94. The highest BCUT2D eigenvalue weighted by Gasteiger charge is 2.33. The number of imide groups is 1. The van der Waals surface area contributed by atoms with Crippen LogP contribution in [0, 0.1) is 5.92 Å². The van der Waals surface area contributed by atoms with Crippen LogP contribution in [-0.4, -0.2) is 66.0 Å². The minimum atomic E-state index is -0.939. The van der Waals surface area contributed by atoms with Gasteiger partial charge in [-0.2, -0.15) is 0 Å². The SMILES string of the molecule is CC1CN(C(=O)NC(=O)CCCC(=O)O)CC1N(C)C. The van der Waals surface area contributed by atoms with Crippen LogP contribution < -0.4 is 5.32 Å². The van der Waals surface area contributed by atoms with E-state index in [1.54, 1.807) is 4.90 Å². The molecule has 1 saturated heterocycles. The van der Waals surface area contributed by atoms with Crippen molar-refractivity contribution in [3.05, 3.63) is 0 Å². The van der Waals surface area contributed by atoms with E-state index < -0.39 is 11.9 Å². The van der Waals surface area contributed by atoms with Crippen LogP contribution in [0.25, 0.3) is 0 Å². The van der Waals surface area contributed by atoms with Crippen molar-refractivity contribution >= 4 is 17.9 Å². The quantitative estimate of drug-likeness (QED) is 0.761. The fraction of sp³-hybridized carbons (Fsp3) is 0.769. The molecule has 0 aromatic heterocycles. The summed E-state index contributed by atoms with van der Waals surface area (Å²) in [6.07, 6.45) is 0.231. The van der Waals surface area contributed by atoms with Crippen molar-refractivity contribution in [1.82, 2.24) is 15.1 Å². The molecule has 0 aliphatic carbocycles. The Balaban J connectivity index is 2.36. The van der Waals surface area contributed by atoms with Gasteiger partial charge in [0.15, 0.2) is 0 Å². The van der Waals surface area contributed by atoms with Gasteiger partial charge in [0.2, 0.25) is 5.91 Å². The maximum atomic E-state index is 11.9. The number of carbonyl (C=O) groups excluding carboxylic acids is 2. The summed E-state index contributed by atoms with van der Waals surface area (Å²) in [6, 6.07) is -0.0932. The first-order valence-electron chi connectivity index (χ1n) is 6.78. The van der Waals surface area contributed by atoms with Gasteiger partial charge < -0.3 is 14.9 Å². The molecule has 0 radical (unpaired) electrons. The second-order valence-corrected chi connectivity index (χ2v) is 5.51. The number of carboxylic acids is 1. The van der Waals surface area contributed by atoms with Crippen LogP contribution in [0.15, 0.2) is 0 Å². The van der Waals surface area contributed by atoms with E-state index in [1.165, 1.54) is 0 Å². The monoisotopic (exact) mass is 285 g/mol. The summed E-state index contributed by atoms with van der Waals surface area (Å²) in [7, 11) is 3.94. The number of urea groups is 1. The predicted octanol–water partition coefficient (Wildman–Crippen LogP) is 0.359. The Morgan fingerprint density at radius 1 is 1.25 bits per heavy atom. The molecule has 7 nitrogen and oxygen atoms in total. The molecule has 2 unspecified atom stereocenters. The standard InChI is InChI=1S/C13H23N3O4/c1-9-7-16(8-10(9)15(2)3)13(20)14-11(17)5-4-6-12(18)19/h9-10H,4-8H2,1-3H3,(H,18,19)(H,14,17,20). The summed E-state index contributed by atoms with van der Waals surface area (Å²) in [4.78, 5) is 37.5. The number of carboxylic acid groups (broad SMARTS) is 1. The molecule has 0 spiro atoms. The molecule has 1 fully saturated rings. The fourth-order valence-corrected chi connectivity index (χ4v) is 2.45. The maximum absolute atomic E-state index is 11.9. The van der Waals surface area contributed by atoms with Crippen molar-refractivity contribution in [3.63, 3.8) is 0 Å². The van der Waals surface area contributed by atoms with E-state index in [0.29, 0.717) is 25.0 Å². The van der Waals surface area contributed by atoms with Crippen molar-refractivity contribution in [2.75, 3.05) is 27.2 Å². The number of hydrogen-bond donors (Lipinski definition) is 2. The lowest BCUT2D eigenvalue weighted by molar-refractivity contribution is -0.137. The first-order chi connectivity index (χ1) is 9.31. The van der Waals surface area contributed by atoms with Crippen molar-refractivity contribution in [2.45, 2.75) is 32.2 Å². The number of likely N-dealkylation sites (tertiary alicyclic amines) is 1. The molecular formula is C13H23N3O4. The molecule has 20 heavy (non-hydrogen) atoms. The van der Waals surface area contributed by atoms with Crippen LogP contribution in [0.1, 0.15) is 26.2 Å². The number of hydrogen-bond acceptors (Lipinski definition) is 4. The summed E-state index contributed by atoms with van der Waals surface area (Å²) in [6.45, 7) is 3.30. The number of likely N-dealkylation sites (N-methyl/N-ethyl adjacent to an activating group) is 1. The first-order valence-corrected chi connectivity index (χ1v) is 6.78. The smallest absolute Gasteiger partial charge is 0.324 e. The number of nitrogens with one attached hydrogen (secondary N) is 1. The highest BCUT2D eigenvalue weighted by molar-refractivity contribution is 5.94. The van der Waals surface area contributed by atoms with Crippen LogP contribution in [-0.2, 0) is 9.59 Å². The summed E-state index contributed by atoms with van der Waals surface area (Å²) in [5.41, 5.74) is 0. The van der Waals surface area contributed by atoms with Gasteiger partial charge in [-0.25, -0.2) is 4.79 Å². The second-order valence-electron chi connectivity index (χ2n) is 5.51. The molecule has 0 aromatic carbocycles. The molecule has 1 aliphatic heterocycles. The number of nitrogens with zero attached hydrogens (tertiary/aromatic N) is 2. The third kappa shape index (κ3) is 4.80. The third-order valence-corrected chi connectivity index (χ3v) is 3.56. The zero-order valence-corrected chi connectivity index (χ0v) is 12.3. The van der Waals surface area contributed by atoms with E-state index in [9.17, 15) is 14.4 Å². The van der Waals surface area contributed by atoms with E-state index in [1.807, 2.05) is 14.1 Å². The molecule has 0 aromatic rings. The third-order valence-electron chi connectivity index (χ3n) is 3.56. The predicted molar refractivity (Wildman–Crippen MR) is 73.2 cm³/mol. The molecule has 2 N–H and O–H groups in total. The Morgan fingerprint density at radius 3 is 2.40 bits per heavy atom. The zero-order chi connectivity index (χ0) is 15.3. The minimum absolute atomic E-state index is 0.0541. The minimum Gasteiger partial charge on any atom is -0.481 e. The number of aliphatic carboxylic acids is 1. The molecule has 1 rings (SSSR count). The molecule has 2 atom stereocenters. The summed E-state index contributed by atoms with van der Waals surface area (Å²) in [5.74, 6) is -0.999. The lowest BCUT2D eigenvalue weighted by atomic mass is 10.1. The molecule has 3 amide bonds. The van der Waals surface area contributed by atoms with E-state index in [0.717, 1.165) is 0 Å². The van der Waals surface area contributed by atoms with Gasteiger partial charge in [-0.3, -0.25) is 14.9 Å². The van der Waals surface area contributed by atoms with Crippen molar-refractivity contribution in [2.24, 2.45) is 5.92 Å². The average molecular weight is 285 g/mol. The van der Waals surface area contributed by atoms with Crippen LogP contribution in [0.3, 0.4) is 0 Å². The van der Waals surface area contributed by atoms with Crippen molar-refractivity contribution in [3.8, 4) is 0 Å². The van der Waals surface area contributed by atoms with Gasteiger partial charge in [-0.1, -0.05) is 6.92 Å². The summed E-state index contributed by atoms with van der Waals surface area (Å²) < 4.78 is 0. The largest absolute Gasteiger partial charge is 0.481 e. The van der Waals surface area contributed by atoms with Gasteiger partial charge in [-0.05, 0) is 26.4 Å². The van der Waals surface area contributed by atoms with Crippen LogP contribution in [0.5, 0.6) is 0 Å². The van der Waals surface area contributed by atoms with Crippen molar-refractivity contribution in [1.29, 1.82) is 0 Å². The Hall–Kier alpha value is -1.63. The van der Waals surface area contributed by atoms with Gasteiger partial charge in [0.1, 0.15) is 0 Å². The normalized spacial score (nSPS) is 22.1. The van der Waals surface area contributed by atoms with E-state index in [-0.39, 0.29) is 25.3 Å². The first kappa shape index (κ1) is 16.4. The molecule has 1 aliphatic rings. The highest BCUT2D eigenvalue weighted by atomic mass is 16.4. The molecule has 1 heterocycles. The van der Waals surface area contributed by atoms with Gasteiger partial charge in [0, 0.05) is 32.0 Å². The Labute approximate surface area is 118 Å². The summed E-state index contributed by atoms with van der Waals surface area (Å²) >= 11 is 0. The van der Waals surface area contributed by atoms with Gasteiger partial charge in [0.25, 0.3) is 0 Å². The van der Waals surface area contributed by atoms with Gasteiger partial charge >= 0.3 is 12.0 Å². The highest BCUT2D eigenvalue weighted by Crippen LogP contribution is 2.19. The zero-order valence-electron chi connectivity index (χ0n) is 12.3. The van der Waals surface area contributed by atoms with Gasteiger partial charge in [0.05, 0.1) is 0 Å². The van der Waals surface area contributed by atoms with Crippen LogP contribution in [0.4, 0.5) is 4.79 Å². The fourth-order valence-electron chi connectivity index (χ4n) is 2.45. The van der Waals surface area contributed by atoms with Gasteiger partial charge in [-0.15, -0.1) is 0 Å². The van der Waals surface area contributed by atoms with Crippen LogP contribution >= 0.6 is 0 Å². The molecule has 114 valence electrons. The second kappa shape index (κ2) is 7.23. The van der Waals surface area contributed by atoms with Crippen LogP contribution in [0.2, 0.25) is 0 Å². The number of rotatable bonds is 5. The lowest BCUT2D eigenvalue weighted by Crippen LogP contribution is -2.43. The summed E-state index contributed by atoms with van der Waals surface area (Å²) in [5, 5.41) is 10.8. The van der Waals surface area contributed by atoms with E-state index in [4.69, 9.17) is 5.11 Å². The molecule has 7 heteroatoms.